The molecule has 0 unspecified atom stereocenters. The lowest BCUT2D eigenvalue weighted by molar-refractivity contribution is -0.122. The molecule has 1 saturated heterocycles. The van der Waals surface area contributed by atoms with E-state index in [1.54, 1.807) is 24.1 Å². The van der Waals surface area contributed by atoms with Crippen molar-refractivity contribution in [1.82, 2.24) is 14.5 Å². The lowest BCUT2D eigenvalue weighted by Crippen LogP contribution is -2.39. The predicted octanol–water partition coefficient (Wildman–Crippen LogP) is 0.868. The van der Waals surface area contributed by atoms with Gasteiger partial charge in [-0.2, -0.15) is 4.31 Å². The van der Waals surface area contributed by atoms with Gasteiger partial charge < -0.3 is 10.6 Å². The molecule has 0 bridgehead atoms. The molecule has 8 nitrogen and oxygen atoms in total. The summed E-state index contributed by atoms with van der Waals surface area (Å²) in [6.45, 7) is 3.90. The second kappa shape index (κ2) is 9.82. The van der Waals surface area contributed by atoms with Crippen LogP contribution in [-0.4, -0.2) is 69.2 Å². The van der Waals surface area contributed by atoms with Gasteiger partial charge in [0.2, 0.25) is 21.8 Å². The summed E-state index contributed by atoms with van der Waals surface area (Å²) in [5, 5.41) is 5.47. The van der Waals surface area contributed by atoms with Crippen LogP contribution in [0.15, 0.2) is 29.2 Å². The highest BCUT2D eigenvalue weighted by Crippen LogP contribution is 2.22. The van der Waals surface area contributed by atoms with E-state index in [-0.39, 0.29) is 29.8 Å². The van der Waals surface area contributed by atoms with Crippen LogP contribution in [0.4, 0.5) is 5.69 Å². The van der Waals surface area contributed by atoms with Crippen molar-refractivity contribution in [3.63, 3.8) is 0 Å². The SMILES string of the molecule is CCCNC(=O)CN(C)CC(=O)Nc1ccc(S(=O)(=O)N2CCCC2)cc1. The Balaban J connectivity index is 1.86. The van der Waals surface area contributed by atoms with Gasteiger partial charge in [-0.05, 0) is 50.6 Å². The predicted molar refractivity (Wildman–Crippen MR) is 104 cm³/mol. The van der Waals surface area contributed by atoms with E-state index < -0.39 is 10.0 Å². The zero-order valence-electron chi connectivity index (χ0n) is 15.9. The molecule has 1 aliphatic heterocycles. The highest BCUT2D eigenvalue weighted by Gasteiger charge is 2.26. The van der Waals surface area contributed by atoms with E-state index in [9.17, 15) is 18.0 Å². The number of hydrogen-bond donors (Lipinski definition) is 2. The van der Waals surface area contributed by atoms with E-state index in [0.717, 1.165) is 19.3 Å². The minimum absolute atomic E-state index is 0.0629. The van der Waals surface area contributed by atoms with Gasteiger partial charge in [-0.15, -0.1) is 0 Å². The second-order valence-corrected chi connectivity index (χ2v) is 8.64. The number of nitrogens with zero attached hydrogens (tertiary/aromatic N) is 2. The molecule has 27 heavy (non-hydrogen) atoms. The van der Waals surface area contributed by atoms with E-state index in [0.29, 0.717) is 25.3 Å². The summed E-state index contributed by atoms with van der Waals surface area (Å²) < 4.78 is 26.5. The number of amides is 2. The number of carbonyl (C=O) groups excluding carboxylic acids is 2. The van der Waals surface area contributed by atoms with E-state index in [4.69, 9.17) is 0 Å². The Bertz CT molecular complexity index is 743. The summed E-state index contributed by atoms with van der Waals surface area (Å²) in [5.41, 5.74) is 0.518. The Morgan fingerprint density at radius 1 is 1.07 bits per heavy atom. The number of likely N-dealkylation sites (N-methyl/N-ethyl adjacent to an activating group) is 1. The van der Waals surface area contributed by atoms with Crippen LogP contribution in [0, 0.1) is 0 Å². The van der Waals surface area contributed by atoms with Crippen LogP contribution < -0.4 is 10.6 Å². The van der Waals surface area contributed by atoms with Crippen molar-refractivity contribution in [3.8, 4) is 0 Å². The van der Waals surface area contributed by atoms with Crippen LogP contribution in [0.2, 0.25) is 0 Å². The minimum Gasteiger partial charge on any atom is -0.355 e. The van der Waals surface area contributed by atoms with Gasteiger partial charge in [0.05, 0.1) is 18.0 Å². The Labute approximate surface area is 161 Å². The highest BCUT2D eigenvalue weighted by molar-refractivity contribution is 7.89. The van der Waals surface area contributed by atoms with E-state index in [1.165, 1.54) is 16.4 Å². The fourth-order valence-electron chi connectivity index (χ4n) is 2.85. The Morgan fingerprint density at radius 2 is 1.67 bits per heavy atom. The van der Waals surface area contributed by atoms with Crippen LogP contribution in [0.25, 0.3) is 0 Å². The molecule has 0 aliphatic carbocycles. The van der Waals surface area contributed by atoms with Gasteiger partial charge in [-0.3, -0.25) is 14.5 Å². The maximum atomic E-state index is 12.5. The molecule has 1 fully saturated rings. The first-order chi connectivity index (χ1) is 12.8. The zero-order chi connectivity index (χ0) is 19.9. The Kier molecular flexibility index (Phi) is 7.76. The summed E-state index contributed by atoms with van der Waals surface area (Å²) in [5.74, 6) is -0.389. The van der Waals surface area contributed by atoms with Crippen molar-refractivity contribution >= 4 is 27.5 Å². The number of nitrogens with one attached hydrogen (secondary N) is 2. The largest absolute Gasteiger partial charge is 0.355 e. The third-order valence-electron chi connectivity index (χ3n) is 4.24. The lowest BCUT2D eigenvalue weighted by atomic mass is 10.3. The van der Waals surface area contributed by atoms with Crippen molar-refractivity contribution in [1.29, 1.82) is 0 Å². The van der Waals surface area contributed by atoms with Gasteiger partial charge in [0, 0.05) is 25.3 Å². The van der Waals surface area contributed by atoms with E-state index >= 15 is 0 Å². The van der Waals surface area contributed by atoms with Crippen LogP contribution in [-0.2, 0) is 19.6 Å². The van der Waals surface area contributed by atoms with Gasteiger partial charge in [0.1, 0.15) is 0 Å². The van der Waals surface area contributed by atoms with Crippen LogP contribution in [0.3, 0.4) is 0 Å². The van der Waals surface area contributed by atoms with Crippen LogP contribution >= 0.6 is 0 Å². The van der Waals surface area contributed by atoms with Crippen molar-refractivity contribution in [2.45, 2.75) is 31.1 Å². The maximum absolute atomic E-state index is 12.5. The molecule has 0 saturated carbocycles. The molecule has 0 radical (unpaired) electrons. The van der Waals surface area contributed by atoms with Gasteiger partial charge in [0.15, 0.2) is 0 Å². The van der Waals surface area contributed by atoms with Crippen molar-refractivity contribution in [3.05, 3.63) is 24.3 Å². The normalized spacial score (nSPS) is 15.1. The van der Waals surface area contributed by atoms with Crippen LogP contribution in [0.5, 0.6) is 0 Å². The molecule has 0 aromatic heterocycles. The van der Waals surface area contributed by atoms with Crippen molar-refractivity contribution in [2.75, 3.05) is 45.1 Å². The van der Waals surface area contributed by atoms with E-state index in [1.807, 2.05) is 6.92 Å². The van der Waals surface area contributed by atoms with Gasteiger partial charge in [-0.25, -0.2) is 8.42 Å². The molecule has 2 N–H and O–H groups in total. The van der Waals surface area contributed by atoms with Crippen molar-refractivity contribution < 1.29 is 18.0 Å². The highest BCUT2D eigenvalue weighted by atomic mass is 32.2. The molecule has 0 atom stereocenters. The summed E-state index contributed by atoms with van der Waals surface area (Å²) in [6, 6.07) is 6.17. The maximum Gasteiger partial charge on any atom is 0.243 e. The van der Waals surface area contributed by atoms with Gasteiger partial charge in [0.25, 0.3) is 0 Å². The minimum atomic E-state index is -3.46. The number of hydrogen-bond acceptors (Lipinski definition) is 5. The number of sulfonamides is 1. The molecule has 150 valence electrons. The summed E-state index contributed by atoms with van der Waals surface area (Å²) >= 11 is 0. The van der Waals surface area contributed by atoms with Gasteiger partial charge >= 0.3 is 0 Å². The molecule has 2 amide bonds. The summed E-state index contributed by atoms with van der Waals surface area (Å²) in [6.07, 6.45) is 2.63. The fraction of sp³-hybridized carbons (Fsp3) is 0.556. The number of rotatable bonds is 9. The summed E-state index contributed by atoms with van der Waals surface area (Å²) in [4.78, 5) is 25.6. The Hall–Kier alpha value is -1.97. The first-order valence-electron chi connectivity index (χ1n) is 9.18. The monoisotopic (exact) mass is 396 g/mol. The quantitative estimate of drug-likeness (QED) is 0.645. The molecular formula is C18H28N4O4S. The van der Waals surface area contributed by atoms with Crippen LogP contribution in [0.1, 0.15) is 26.2 Å². The fourth-order valence-corrected chi connectivity index (χ4v) is 4.37. The number of carbonyl (C=O) groups is 2. The molecule has 1 aliphatic rings. The molecule has 1 heterocycles. The Morgan fingerprint density at radius 3 is 2.26 bits per heavy atom. The van der Waals surface area contributed by atoms with Gasteiger partial charge in [-0.1, -0.05) is 6.92 Å². The average Bonchev–Trinajstić information content (AvgIpc) is 3.15. The van der Waals surface area contributed by atoms with Crippen molar-refractivity contribution in [2.24, 2.45) is 0 Å². The number of benzene rings is 1. The number of anilines is 1. The third kappa shape index (κ3) is 6.30. The molecule has 1 aromatic rings. The molecule has 0 spiro atoms. The summed E-state index contributed by atoms with van der Waals surface area (Å²) in [7, 11) is -1.76. The molecule has 9 heteroatoms. The second-order valence-electron chi connectivity index (χ2n) is 6.71. The molecule has 1 aromatic carbocycles. The third-order valence-corrected chi connectivity index (χ3v) is 6.15. The lowest BCUT2D eigenvalue weighted by Gasteiger charge is -2.17. The first-order valence-corrected chi connectivity index (χ1v) is 10.6. The average molecular weight is 397 g/mol. The van der Waals surface area contributed by atoms with E-state index in [2.05, 4.69) is 10.6 Å². The smallest absolute Gasteiger partial charge is 0.243 e. The first kappa shape index (κ1) is 21.3. The zero-order valence-corrected chi connectivity index (χ0v) is 16.7. The molecular weight excluding hydrogens is 368 g/mol. The molecule has 2 rings (SSSR count). The standard InChI is InChI=1S/C18H28N4O4S/c1-3-10-19-17(23)13-21(2)14-18(24)20-15-6-8-16(9-7-15)27(25,26)22-11-4-5-12-22/h6-9H,3-5,10-14H2,1-2H3,(H,19,23)(H,20,24). The topological polar surface area (TPSA) is 98.8 Å².